The predicted molar refractivity (Wildman–Crippen MR) is 169 cm³/mol. The summed E-state index contributed by atoms with van der Waals surface area (Å²) >= 11 is 0. The molecule has 0 bridgehead atoms. The van der Waals surface area contributed by atoms with Crippen molar-refractivity contribution < 1.29 is 41.9 Å². The maximum absolute atomic E-state index is 14.2. The molecule has 0 aromatic heterocycles. The molecule has 1 aliphatic carbocycles. The van der Waals surface area contributed by atoms with Crippen LogP contribution in [-0.2, 0) is 24.0 Å². The van der Waals surface area contributed by atoms with E-state index < -0.39 is 83.6 Å². The number of hydrogen-bond acceptors (Lipinski definition) is 6. The van der Waals surface area contributed by atoms with E-state index in [1.54, 1.807) is 55.6 Å². The van der Waals surface area contributed by atoms with E-state index >= 15 is 0 Å². The second kappa shape index (κ2) is 14.2. The van der Waals surface area contributed by atoms with Crippen molar-refractivity contribution >= 4 is 35.4 Å². The standard InChI is InChI=1S/C32H51F3N6O6/c1-12-15-36-25(44)21(42)18(13-14-32(33,34)35)37-24(43)20-19-17(31(19,8)9)16-41(20)27(46)23(30(5,6)7)39-28(47)38-22(29(2,3)4)26(45)40(10)11/h12,17-20,22-23H,1,13-16H2,2-11H3,(H,36,44)(H,37,43)(H2,38,39,47)/t17-,18?,19-,20?,22+,23+/m0/s1. The molecule has 15 heteroatoms. The van der Waals surface area contributed by atoms with Gasteiger partial charge >= 0.3 is 12.2 Å². The zero-order valence-corrected chi connectivity index (χ0v) is 29.1. The smallest absolute Gasteiger partial charge is 0.347 e. The number of urea groups is 1. The number of ketones is 1. The first kappa shape index (κ1) is 39.5. The number of hydrogen-bond donors (Lipinski definition) is 4. The lowest BCUT2D eigenvalue weighted by Crippen LogP contribution is -2.63. The zero-order chi connectivity index (χ0) is 36.4. The summed E-state index contributed by atoms with van der Waals surface area (Å²) < 4.78 is 39.4. The summed E-state index contributed by atoms with van der Waals surface area (Å²) in [5.41, 5.74) is -1.94. The van der Waals surface area contributed by atoms with Crippen LogP contribution in [0.3, 0.4) is 0 Å². The van der Waals surface area contributed by atoms with Crippen molar-refractivity contribution in [3.05, 3.63) is 12.7 Å². The van der Waals surface area contributed by atoms with E-state index in [-0.39, 0.29) is 36.2 Å². The van der Waals surface area contributed by atoms with Crippen LogP contribution < -0.4 is 21.3 Å². The number of fused-ring (bicyclic) bond motifs is 1. The minimum Gasteiger partial charge on any atom is -0.347 e. The molecule has 266 valence electrons. The van der Waals surface area contributed by atoms with Gasteiger partial charge in [0.15, 0.2) is 0 Å². The number of piperidine rings is 1. The lowest BCUT2D eigenvalue weighted by Gasteiger charge is -2.38. The highest BCUT2D eigenvalue weighted by atomic mass is 19.4. The topological polar surface area (TPSA) is 157 Å². The number of nitrogens with one attached hydrogen (secondary N) is 4. The highest BCUT2D eigenvalue weighted by Gasteiger charge is 2.70. The Hall–Kier alpha value is -3.65. The van der Waals surface area contributed by atoms with Crippen LogP contribution in [0, 0.1) is 28.1 Å². The van der Waals surface area contributed by atoms with E-state index in [4.69, 9.17) is 0 Å². The number of likely N-dealkylation sites (N-methyl/N-ethyl adjacent to an activating group) is 1. The van der Waals surface area contributed by atoms with Gasteiger partial charge in [-0.05, 0) is 34.5 Å². The molecule has 47 heavy (non-hydrogen) atoms. The fourth-order valence-electron chi connectivity index (χ4n) is 6.08. The molecular weight excluding hydrogens is 621 g/mol. The maximum atomic E-state index is 14.2. The van der Waals surface area contributed by atoms with E-state index in [0.29, 0.717) is 0 Å². The van der Waals surface area contributed by atoms with Crippen LogP contribution >= 0.6 is 0 Å². The number of halogens is 3. The summed E-state index contributed by atoms with van der Waals surface area (Å²) in [6.07, 6.45) is -5.68. The summed E-state index contributed by atoms with van der Waals surface area (Å²) in [4.78, 5) is 82.0. The van der Waals surface area contributed by atoms with Crippen LogP contribution in [0.25, 0.3) is 0 Å². The lowest BCUT2D eigenvalue weighted by molar-refractivity contribution is -0.148. The highest BCUT2D eigenvalue weighted by Crippen LogP contribution is 2.65. The molecule has 1 saturated heterocycles. The van der Waals surface area contributed by atoms with Gasteiger partial charge in [-0.2, -0.15) is 13.2 Å². The monoisotopic (exact) mass is 672 g/mol. The number of Topliss-reactive ketones (excluding diaryl/α,β-unsaturated/α-hetero) is 1. The molecule has 0 aromatic rings. The number of carbonyl (C=O) groups excluding carboxylic acids is 6. The van der Waals surface area contributed by atoms with Gasteiger partial charge < -0.3 is 31.1 Å². The Kier molecular flexibility index (Phi) is 12.0. The average Bonchev–Trinajstić information content (AvgIpc) is 3.24. The van der Waals surface area contributed by atoms with Gasteiger partial charge in [0.25, 0.3) is 5.91 Å². The molecule has 1 heterocycles. The largest absolute Gasteiger partial charge is 0.389 e. The van der Waals surface area contributed by atoms with Gasteiger partial charge in [-0.25, -0.2) is 4.79 Å². The molecule has 1 aliphatic heterocycles. The Balaban J connectivity index is 2.39. The quantitative estimate of drug-likeness (QED) is 0.184. The van der Waals surface area contributed by atoms with Crippen molar-refractivity contribution in [2.45, 2.75) is 98.6 Å². The molecule has 0 aromatic carbocycles. The Bertz CT molecular complexity index is 1250. The number of nitrogens with zero attached hydrogens (tertiary/aromatic N) is 2. The van der Waals surface area contributed by atoms with Crippen molar-refractivity contribution in [2.24, 2.45) is 28.1 Å². The van der Waals surface area contributed by atoms with Crippen molar-refractivity contribution in [2.75, 3.05) is 27.2 Å². The Labute approximate surface area is 275 Å². The SMILES string of the molecule is C=CCNC(=O)C(=O)C(CCC(F)(F)F)NC(=O)C1[C@@H]2[C@H](CN1C(=O)[C@@H](NC(=O)N[C@H](C(=O)N(C)C)C(C)(C)C)C(C)(C)C)C2(C)C. The van der Waals surface area contributed by atoms with Crippen LogP contribution in [0.2, 0.25) is 0 Å². The fourth-order valence-corrected chi connectivity index (χ4v) is 6.08. The predicted octanol–water partition coefficient (Wildman–Crippen LogP) is 2.38. The van der Waals surface area contributed by atoms with Crippen molar-refractivity contribution in [3.8, 4) is 0 Å². The van der Waals surface area contributed by atoms with Gasteiger partial charge in [-0.15, -0.1) is 6.58 Å². The molecule has 6 amide bonds. The number of alkyl halides is 3. The summed E-state index contributed by atoms with van der Waals surface area (Å²) in [6.45, 7) is 17.7. The van der Waals surface area contributed by atoms with Gasteiger partial charge in [-0.3, -0.25) is 24.0 Å². The first-order valence-electron chi connectivity index (χ1n) is 15.6. The van der Waals surface area contributed by atoms with Crippen LogP contribution in [0.4, 0.5) is 18.0 Å². The molecule has 2 fully saturated rings. The summed E-state index contributed by atoms with van der Waals surface area (Å²) in [5, 5.41) is 9.93. The second-order valence-corrected chi connectivity index (χ2v) is 15.4. The molecule has 0 radical (unpaired) electrons. The lowest BCUT2D eigenvalue weighted by atomic mass is 9.84. The third-order valence-electron chi connectivity index (χ3n) is 8.96. The summed E-state index contributed by atoms with van der Waals surface area (Å²) in [7, 11) is 3.12. The van der Waals surface area contributed by atoms with Gasteiger partial charge in [0, 0.05) is 33.6 Å². The van der Waals surface area contributed by atoms with Crippen molar-refractivity contribution in [3.63, 3.8) is 0 Å². The molecule has 2 aliphatic rings. The maximum Gasteiger partial charge on any atom is 0.389 e. The first-order valence-corrected chi connectivity index (χ1v) is 15.6. The molecular formula is C32H51F3N6O6. The minimum atomic E-state index is -4.66. The average molecular weight is 673 g/mol. The van der Waals surface area contributed by atoms with Gasteiger partial charge in [0.2, 0.25) is 23.5 Å². The molecule has 12 nitrogen and oxygen atoms in total. The van der Waals surface area contributed by atoms with Gasteiger partial charge in [0.1, 0.15) is 18.1 Å². The Morgan fingerprint density at radius 1 is 0.936 bits per heavy atom. The highest BCUT2D eigenvalue weighted by molar-refractivity contribution is 6.38. The molecule has 2 unspecified atom stereocenters. The van der Waals surface area contributed by atoms with Crippen LogP contribution in [0.5, 0.6) is 0 Å². The molecule has 2 rings (SSSR count). The fraction of sp³-hybridized carbons (Fsp3) is 0.750. The normalized spacial score (nSPS) is 22.1. The Morgan fingerprint density at radius 2 is 1.47 bits per heavy atom. The minimum absolute atomic E-state index is 0.109. The van der Waals surface area contributed by atoms with E-state index in [9.17, 15) is 41.9 Å². The number of carbonyl (C=O) groups is 6. The van der Waals surface area contributed by atoms with Crippen molar-refractivity contribution in [1.29, 1.82) is 0 Å². The second-order valence-electron chi connectivity index (χ2n) is 15.4. The zero-order valence-electron chi connectivity index (χ0n) is 29.1. The molecule has 4 N–H and O–H groups in total. The van der Waals surface area contributed by atoms with E-state index in [0.717, 1.165) is 0 Å². The third kappa shape index (κ3) is 9.69. The number of rotatable bonds is 12. The van der Waals surface area contributed by atoms with Crippen LogP contribution in [-0.4, -0.2) is 103 Å². The molecule has 6 atom stereocenters. The molecule has 0 spiro atoms. The van der Waals surface area contributed by atoms with Crippen LogP contribution in [0.1, 0.15) is 68.2 Å². The van der Waals surface area contributed by atoms with Crippen molar-refractivity contribution in [1.82, 2.24) is 31.1 Å². The van der Waals surface area contributed by atoms with E-state index in [2.05, 4.69) is 27.8 Å². The van der Waals surface area contributed by atoms with E-state index in [1.165, 1.54) is 15.9 Å². The van der Waals surface area contributed by atoms with Gasteiger partial charge in [0.05, 0.1) is 6.04 Å². The number of likely N-dealkylation sites (tertiary alicyclic amines) is 1. The number of amides is 6. The third-order valence-corrected chi connectivity index (χ3v) is 8.96. The van der Waals surface area contributed by atoms with E-state index in [1.807, 2.05) is 13.8 Å². The first-order chi connectivity index (χ1) is 21.2. The summed E-state index contributed by atoms with van der Waals surface area (Å²) in [5.74, 6) is -4.75. The van der Waals surface area contributed by atoms with Crippen LogP contribution in [0.15, 0.2) is 12.7 Å². The summed E-state index contributed by atoms with van der Waals surface area (Å²) in [6, 6.07) is -5.85. The van der Waals surface area contributed by atoms with Gasteiger partial charge in [-0.1, -0.05) is 61.5 Å². The Morgan fingerprint density at radius 3 is 1.94 bits per heavy atom. The molecule has 1 saturated carbocycles.